The Morgan fingerprint density at radius 3 is 1.27 bits per heavy atom. The van der Waals surface area contributed by atoms with Crippen molar-refractivity contribution >= 4 is 68.3 Å². The number of aliphatic hydroxyl groups excluding tert-OH is 1. The zero-order valence-electron chi connectivity index (χ0n) is 45.4. The lowest BCUT2D eigenvalue weighted by Gasteiger charge is -2.17. The topological polar surface area (TPSA) is 283 Å². The number of carbonyl (C=O) groups excluding carboxylic acids is 3. The highest BCUT2D eigenvalue weighted by atomic mass is 16.7. The van der Waals surface area contributed by atoms with Gasteiger partial charge in [0.15, 0.2) is 31.3 Å². The van der Waals surface area contributed by atoms with E-state index in [-0.39, 0.29) is 122 Å². The maximum Gasteiger partial charge on any atom is 0.343 e. The summed E-state index contributed by atoms with van der Waals surface area (Å²) in [6.45, 7) is 13.0. The third-order valence-corrected chi connectivity index (χ3v) is 11.9. The molecule has 0 radical (unpaired) electrons. The van der Waals surface area contributed by atoms with Crippen molar-refractivity contribution in [1.82, 2.24) is 0 Å². The number of carboxylic acids is 1. The molecule has 0 saturated heterocycles. The number of esters is 2. The van der Waals surface area contributed by atoms with Crippen molar-refractivity contribution in [3.63, 3.8) is 0 Å². The number of ether oxygens (including phenoxy) is 8. The molecule has 0 aliphatic carbocycles. The number of methoxy groups -OCH3 is 3. The third-order valence-electron chi connectivity index (χ3n) is 11.9. The second kappa shape index (κ2) is 27.3. The standard InChI is InChI=1S/C30H34O10.C28H30O10/c1-16(2)7-9-18-20(13-31)22(39-15-26(33)37-6)12-23-27(18)30(35)28-24(40-23)11-21(38-14-25(32)36-5)19(29(28)34)10-8-17(3)4;1-15(2)6-8-17-19(36-12-23(30)31)10-21-25(26(17)32)27(33)24-18(9-7-16(3)4)28(34-5)22(11-20(24)38-21)37-14-35-13-29/h7-8,11-12,31,34H,9-10,13-15H2,1-6H3;6-7,10-11,13,32H,8-9,12,14H2,1-5H3,(H,30,31). The summed E-state index contributed by atoms with van der Waals surface area (Å²) in [5.74, 6) is -2.36. The lowest BCUT2D eigenvalue weighted by molar-refractivity contribution is -0.143. The highest BCUT2D eigenvalue weighted by Crippen LogP contribution is 2.43. The first kappa shape index (κ1) is 60.1. The second-order valence-corrected chi connectivity index (χ2v) is 18.5. The number of hydrogen-bond acceptors (Lipinski definition) is 19. The number of fused-ring (bicyclic) bond motifs is 4. The molecule has 20 nitrogen and oxygen atoms in total. The van der Waals surface area contributed by atoms with Gasteiger partial charge < -0.3 is 67.2 Å². The summed E-state index contributed by atoms with van der Waals surface area (Å²) in [4.78, 5) is 73.2. The molecule has 2 heterocycles. The average Bonchev–Trinajstić information content (AvgIpc) is 3.58. The first-order valence-electron chi connectivity index (χ1n) is 24.3. The van der Waals surface area contributed by atoms with Crippen LogP contribution in [0.4, 0.5) is 0 Å². The normalized spacial score (nSPS) is 10.7. The molecule has 0 unspecified atom stereocenters. The molecule has 2 aromatic heterocycles. The summed E-state index contributed by atoms with van der Waals surface area (Å²) in [5.41, 5.74) is 4.89. The molecule has 416 valence electrons. The Morgan fingerprint density at radius 1 is 0.513 bits per heavy atom. The van der Waals surface area contributed by atoms with Crippen molar-refractivity contribution < 1.29 is 86.3 Å². The zero-order valence-corrected chi connectivity index (χ0v) is 45.4. The van der Waals surface area contributed by atoms with Gasteiger partial charge in [-0.2, -0.15) is 0 Å². The van der Waals surface area contributed by atoms with E-state index in [1.165, 1.54) is 45.6 Å². The van der Waals surface area contributed by atoms with Crippen LogP contribution in [0.15, 0.2) is 89.3 Å². The van der Waals surface area contributed by atoms with Crippen LogP contribution in [-0.2, 0) is 65.7 Å². The molecule has 0 aliphatic heterocycles. The van der Waals surface area contributed by atoms with Crippen LogP contribution >= 0.6 is 0 Å². The molecule has 0 spiro atoms. The molecule has 0 amide bonds. The number of carboxylic acid groups (broad SMARTS) is 1. The van der Waals surface area contributed by atoms with Crippen molar-refractivity contribution in [3.05, 3.63) is 119 Å². The fourth-order valence-corrected chi connectivity index (χ4v) is 8.05. The number of phenolic OH excluding ortho intramolecular Hbond substituents is 2. The van der Waals surface area contributed by atoms with E-state index in [2.05, 4.69) is 14.2 Å². The van der Waals surface area contributed by atoms with Crippen molar-refractivity contribution in [2.75, 3.05) is 47.9 Å². The Morgan fingerprint density at radius 2 is 0.885 bits per heavy atom. The minimum Gasteiger partial charge on any atom is -0.507 e. The number of hydrogen-bond donors (Lipinski definition) is 4. The number of carbonyl (C=O) groups is 4. The Hall–Kier alpha value is -8.78. The molecule has 0 fully saturated rings. The van der Waals surface area contributed by atoms with Gasteiger partial charge in [-0.25, -0.2) is 14.4 Å². The molecule has 4 N–H and O–H groups in total. The van der Waals surface area contributed by atoms with Crippen molar-refractivity contribution in [2.45, 2.75) is 87.7 Å². The van der Waals surface area contributed by atoms with Gasteiger partial charge in [-0.1, -0.05) is 46.6 Å². The average molecular weight is 1080 g/mol. The number of aliphatic carboxylic acids is 1. The largest absolute Gasteiger partial charge is 0.507 e. The van der Waals surface area contributed by atoms with Gasteiger partial charge >= 0.3 is 17.9 Å². The smallest absolute Gasteiger partial charge is 0.343 e. The molecule has 6 rings (SSSR count). The van der Waals surface area contributed by atoms with Gasteiger partial charge in [-0.15, -0.1) is 0 Å². The molecule has 78 heavy (non-hydrogen) atoms. The predicted molar refractivity (Wildman–Crippen MR) is 289 cm³/mol. The van der Waals surface area contributed by atoms with Crippen LogP contribution in [0.1, 0.15) is 83.2 Å². The lowest BCUT2D eigenvalue weighted by Crippen LogP contribution is -2.15. The van der Waals surface area contributed by atoms with Crippen molar-refractivity contribution in [1.29, 1.82) is 0 Å². The summed E-state index contributed by atoms with van der Waals surface area (Å²) in [6.07, 6.45) is 8.43. The van der Waals surface area contributed by atoms with Crippen LogP contribution in [0.25, 0.3) is 43.9 Å². The highest BCUT2D eigenvalue weighted by Gasteiger charge is 2.27. The second-order valence-electron chi connectivity index (χ2n) is 18.5. The van der Waals surface area contributed by atoms with Crippen LogP contribution in [0.2, 0.25) is 0 Å². The van der Waals surface area contributed by atoms with Gasteiger partial charge in [-0.3, -0.25) is 14.4 Å². The minimum atomic E-state index is -1.20. The Labute approximate surface area is 448 Å². The summed E-state index contributed by atoms with van der Waals surface area (Å²) < 4.78 is 54.0. The van der Waals surface area contributed by atoms with Gasteiger partial charge in [0.2, 0.25) is 17.7 Å². The minimum absolute atomic E-state index is 0.00485. The molecule has 20 heteroatoms. The van der Waals surface area contributed by atoms with Crippen LogP contribution in [0.3, 0.4) is 0 Å². The highest BCUT2D eigenvalue weighted by molar-refractivity contribution is 5.99. The molecule has 0 bridgehead atoms. The summed E-state index contributed by atoms with van der Waals surface area (Å²) in [5, 5.41) is 42.2. The summed E-state index contributed by atoms with van der Waals surface area (Å²) in [7, 11) is 3.87. The predicted octanol–water partition coefficient (Wildman–Crippen LogP) is 8.92. The fourth-order valence-electron chi connectivity index (χ4n) is 8.05. The van der Waals surface area contributed by atoms with Gasteiger partial charge in [0.1, 0.15) is 61.9 Å². The molecule has 6 aromatic rings. The Bertz CT molecular complexity index is 3500. The number of aromatic hydroxyl groups is 2. The van der Waals surface area contributed by atoms with E-state index in [1.807, 2.05) is 79.7 Å². The molecule has 0 saturated carbocycles. The van der Waals surface area contributed by atoms with Gasteiger partial charge in [0.05, 0.1) is 38.7 Å². The van der Waals surface area contributed by atoms with Gasteiger partial charge in [0.25, 0.3) is 6.47 Å². The number of phenols is 2. The van der Waals surface area contributed by atoms with Crippen LogP contribution < -0.4 is 34.5 Å². The van der Waals surface area contributed by atoms with E-state index < -0.39 is 62.0 Å². The number of allylic oxidation sites excluding steroid dienone is 8. The van der Waals surface area contributed by atoms with Crippen molar-refractivity contribution in [2.24, 2.45) is 0 Å². The van der Waals surface area contributed by atoms with E-state index >= 15 is 0 Å². The third kappa shape index (κ3) is 14.4. The van der Waals surface area contributed by atoms with Crippen LogP contribution in [0, 0.1) is 0 Å². The number of rotatable bonds is 23. The molecule has 4 aromatic carbocycles. The Kier molecular flexibility index (Phi) is 21.0. The van der Waals surface area contributed by atoms with E-state index in [1.54, 1.807) is 0 Å². The quantitative estimate of drug-likeness (QED) is 0.00885. The lowest BCUT2D eigenvalue weighted by atomic mass is 9.95. The summed E-state index contributed by atoms with van der Waals surface area (Å²) in [6, 6.07) is 5.68. The monoisotopic (exact) mass is 1080 g/mol. The maximum absolute atomic E-state index is 14.0. The Balaban J connectivity index is 0.000000288. The molecule has 0 aliphatic rings. The first-order valence-corrected chi connectivity index (χ1v) is 24.3. The van der Waals surface area contributed by atoms with Crippen molar-refractivity contribution in [3.8, 4) is 40.2 Å². The summed E-state index contributed by atoms with van der Waals surface area (Å²) >= 11 is 0. The SMILES string of the molecule is COC(=O)COc1cc2oc3cc(OCC(=O)OC)c(CO)c(CC=C(C)C)c3c(=O)c2c(O)c1CC=C(C)C.COc1c(OCOC=O)cc2oc3cc(OCC(=O)O)c(CC=C(C)C)c(O)c3c(=O)c2c1CC=C(C)C. The zero-order chi connectivity index (χ0) is 57.5. The maximum atomic E-state index is 14.0. The van der Waals surface area contributed by atoms with E-state index in [0.717, 1.165) is 22.3 Å². The first-order chi connectivity index (χ1) is 37.1. The number of aliphatic hydroxyl groups is 1. The van der Waals surface area contributed by atoms with Gasteiger partial charge in [-0.05, 0) is 86.6 Å². The molecular weight excluding hydrogens is 1020 g/mol. The van der Waals surface area contributed by atoms with Crippen LogP contribution in [-0.4, -0.2) is 92.7 Å². The van der Waals surface area contributed by atoms with Gasteiger partial charge in [0, 0.05) is 46.5 Å². The molecular formula is C58H64O20. The van der Waals surface area contributed by atoms with Crippen LogP contribution in [0.5, 0.6) is 40.2 Å². The fraction of sp³-hybridized carbons (Fsp3) is 0.345. The number of benzene rings is 4. The van der Waals surface area contributed by atoms with E-state index in [9.17, 15) is 44.1 Å². The molecule has 0 atom stereocenters. The van der Waals surface area contributed by atoms with E-state index in [4.69, 9.17) is 37.6 Å². The van der Waals surface area contributed by atoms with E-state index in [0.29, 0.717) is 22.3 Å².